The Kier molecular flexibility index (Phi) is 7.15. The number of rotatable bonds is 7. The molecular formula is C25H30N4O2S. The van der Waals surface area contributed by atoms with E-state index >= 15 is 0 Å². The maximum Gasteiger partial charge on any atom is 0.346 e. The van der Waals surface area contributed by atoms with Crippen LogP contribution in [0, 0.1) is 0 Å². The first-order chi connectivity index (χ1) is 15.6. The summed E-state index contributed by atoms with van der Waals surface area (Å²) in [6.45, 7) is 6.52. The summed E-state index contributed by atoms with van der Waals surface area (Å²) in [4.78, 5) is 29.1. The van der Waals surface area contributed by atoms with E-state index in [0.717, 1.165) is 40.4 Å². The fraction of sp³-hybridized carbons (Fsp3) is 0.400. The molecule has 1 fully saturated rings. The van der Waals surface area contributed by atoms with Crippen LogP contribution in [0.25, 0.3) is 0 Å². The van der Waals surface area contributed by atoms with Gasteiger partial charge in [0.1, 0.15) is 5.82 Å². The first-order valence-electron chi connectivity index (χ1n) is 11.3. The van der Waals surface area contributed by atoms with Crippen LogP contribution in [-0.4, -0.2) is 44.0 Å². The zero-order chi connectivity index (χ0) is 22.5. The summed E-state index contributed by atoms with van der Waals surface area (Å²) in [5, 5.41) is 4.73. The Hall–Kier alpha value is -2.80. The molecule has 0 spiro atoms. The van der Waals surface area contributed by atoms with Crippen molar-refractivity contribution < 1.29 is 4.79 Å². The lowest BCUT2D eigenvalue weighted by molar-refractivity contribution is 0.0706. The van der Waals surface area contributed by atoms with Gasteiger partial charge in [-0.1, -0.05) is 49.4 Å². The Bertz CT molecular complexity index is 1110. The Morgan fingerprint density at radius 2 is 1.72 bits per heavy atom. The topological polar surface area (TPSA) is 60.1 Å². The van der Waals surface area contributed by atoms with Crippen molar-refractivity contribution in [3.05, 3.63) is 82.0 Å². The van der Waals surface area contributed by atoms with E-state index in [0.29, 0.717) is 26.2 Å². The lowest BCUT2D eigenvalue weighted by atomic mass is 9.95. The molecule has 0 N–H and O–H groups in total. The van der Waals surface area contributed by atoms with Crippen LogP contribution in [0.1, 0.15) is 54.4 Å². The zero-order valence-corrected chi connectivity index (χ0v) is 19.6. The summed E-state index contributed by atoms with van der Waals surface area (Å²) >= 11 is 1.70. The number of benzene rings is 2. The number of hydrogen-bond donors (Lipinski definition) is 0. The molecule has 0 radical (unpaired) electrons. The number of amides is 1. The molecule has 3 aromatic rings. The molecule has 0 saturated carbocycles. The van der Waals surface area contributed by atoms with Crippen molar-refractivity contribution >= 4 is 17.7 Å². The van der Waals surface area contributed by atoms with Gasteiger partial charge in [-0.2, -0.15) is 5.10 Å². The normalized spacial score (nSPS) is 14.6. The van der Waals surface area contributed by atoms with Crippen LogP contribution in [0.3, 0.4) is 0 Å². The molecule has 1 amide bonds. The Morgan fingerprint density at radius 3 is 2.41 bits per heavy atom. The van der Waals surface area contributed by atoms with Crippen LogP contribution in [0.2, 0.25) is 0 Å². The maximum atomic E-state index is 13.2. The van der Waals surface area contributed by atoms with E-state index in [-0.39, 0.29) is 17.5 Å². The van der Waals surface area contributed by atoms with Crippen LogP contribution in [0.15, 0.2) is 64.3 Å². The minimum atomic E-state index is -0.0598. The third-order valence-corrected chi connectivity index (χ3v) is 6.96. The fourth-order valence-corrected chi connectivity index (χ4v) is 5.15. The second-order valence-corrected chi connectivity index (χ2v) is 9.33. The van der Waals surface area contributed by atoms with E-state index in [1.165, 1.54) is 0 Å². The lowest BCUT2D eigenvalue weighted by Gasteiger charge is -2.32. The van der Waals surface area contributed by atoms with E-state index in [1.54, 1.807) is 21.0 Å². The summed E-state index contributed by atoms with van der Waals surface area (Å²) in [5.41, 5.74) is 1.79. The minimum absolute atomic E-state index is 0.0598. The van der Waals surface area contributed by atoms with Crippen LogP contribution >= 0.6 is 11.8 Å². The molecule has 7 heteroatoms. The van der Waals surface area contributed by atoms with Gasteiger partial charge in [0.25, 0.3) is 5.91 Å². The van der Waals surface area contributed by atoms with Crippen LogP contribution in [0.5, 0.6) is 0 Å². The molecule has 2 aromatic carbocycles. The molecule has 1 saturated heterocycles. The van der Waals surface area contributed by atoms with Gasteiger partial charge in [0, 0.05) is 30.4 Å². The van der Waals surface area contributed by atoms with Crippen molar-refractivity contribution in [3.8, 4) is 0 Å². The zero-order valence-electron chi connectivity index (χ0n) is 18.7. The van der Waals surface area contributed by atoms with Crippen molar-refractivity contribution in [2.45, 2.75) is 50.6 Å². The highest BCUT2D eigenvalue weighted by atomic mass is 32.2. The minimum Gasteiger partial charge on any atom is -0.339 e. The van der Waals surface area contributed by atoms with Gasteiger partial charge in [0.05, 0.1) is 12.1 Å². The predicted molar refractivity (Wildman–Crippen MR) is 128 cm³/mol. The third kappa shape index (κ3) is 4.67. The van der Waals surface area contributed by atoms with E-state index in [2.05, 4.69) is 6.92 Å². The molecule has 0 bridgehead atoms. The molecule has 1 aliphatic rings. The quantitative estimate of drug-likeness (QED) is 0.505. The highest BCUT2D eigenvalue weighted by Gasteiger charge is 2.29. The van der Waals surface area contributed by atoms with Crippen molar-refractivity contribution in [1.82, 2.24) is 19.2 Å². The van der Waals surface area contributed by atoms with Gasteiger partial charge in [0.15, 0.2) is 0 Å². The maximum absolute atomic E-state index is 13.2. The summed E-state index contributed by atoms with van der Waals surface area (Å²) in [6, 6.07) is 17.8. The molecule has 0 aliphatic carbocycles. The number of nitrogens with zero attached hydrogens (tertiary/aromatic N) is 4. The highest BCUT2D eigenvalue weighted by molar-refractivity contribution is 7.99. The number of likely N-dealkylation sites (tertiary alicyclic amines) is 1. The molecule has 1 aromatic heterocycles. The second-order valence-electron chi connectivity index (χ2n) is 8.02. The average Bonchev–Trinajstić information content (AvgIpc) is 3.15. The van der Waals surface area contributed by atoms with Gasteiger partial charge in [-0.15, -0.1) is 11.8 Å². The van der Waals surface area contributed by atoms with Gasteiger partial charge < -0.3 is 4.90 Å². The molecule has 0 unspecified atom stereocenters. The Balaban J connectivity index is 1.48. The van der Waals surface area contributed by atoms with Gasteiger partial charge in [-0.05, 0) is 43.2 Å². The number of hydrogen-bond acceptors (Lipinski definition) is 4. The average molecular weight is 451 g/mol. The molecule has 168 valence electrons. The largest absolute Gasteiger partial charge is 0.346 e. The van der Waals surface area contributed by atoms with Crippen molar-refractivity contribution in [1.29, 1.82) is 0 Å². The van der Waals surface area contributed by atoms with E-state index in [1.807, 2.05) is 66.4 Å². The van der Waals surface area contributed by atoms with Gasteiger partial charge in [-0.3, -0.25) is 9.36 Å². The fourth-order valence-electron chi connectivity index (χ4n) is 4.35. The van der Waals surface area contributed by atoms with Crippen molar-refractivity contribution in [2.75, 3.05) is 18.8 Å². The standard InChI is InChI=1S/C25H30N4O2S/c1-3-28-23(26-29(25(28)31)18-19-10-6-5-7-11-19)20-14-16-27(17-15-20)24(30)21-12-8-9-13-22(21)32-4-2/h5-13,20H,3-4,14-18H2,1-2H3. The molecule has 4 rings (SSSR count). The number of carbonyl (C=O) groups is 1. The number of piperidine rings is 1. The first-order valence-corrected chi connectivity index (χ1v) is 12.3. The lowest BCUT2D eigenvalue weighted by Crippen LogP contribution is -2.38. The predicted octanol–water partition coefficient (Wildman–Crippen LogP) is 4.24. The smallest absolute Gasteiger partial charge is 0.339 e. The van der Waals surface area contributed by atoms with E-state index in [9.17, 15) is 9.59 Å². The van der Waals surface area contributed by atoms with Gasteiger partial charge in [-0.25, -0.2) is 9.48 Å². The molecular weight excluding hydrogens is 420 g/mol. The first kappa shape index (κ1) is 22.4. The monoisotopic (exact) mass is 450 g/mol. The van der Waals surface area contributed by atoms with Gasteiger partial charge in [0.2, 0.25) is 0 Å². The summed E-state index contributed by atoms with van der Waals surface area (Å²) in [5.74, 6) is 2.07. The van der Waals surface area contributed by atoms with Crippen molar-refractivity contribution in [3.63, 3.8) is 0 Å². The number of thioether (sulfide) groups is 1. The summed E-state index contributed by atoms with van der Waals surface area (Å²) in [7, 11) is 0. The third-order valence-electron chi connectivity index (χ3n) is 6.01. The molecule has 2 heterocycles. The molecule has 0 atom stereocenters. The van der Waals surface area contributed by atoms with Crippen LogP contribution < -0.4 is 5.69 Å². The Labute approximate surface area is 193 Å². The SMILES string of the molecule is CCSc1ccccc1C(=O)N1CCC(c2nn(Cc3ccccc3)c(=O)n2CC)CC1. The van der Waals surface area contributed by atoms with Crippen LogP contribution in [-0.2, 0) is 13.1 Å². The van der Waals surface area contributed by atoms with Crippen molar-refractivity contribution in [2.24, 2.45) is 0 Å². The highest BCUT2D eigenvalue weighted by Crippen LogP contribution is 2.29. The second kappa shape index (κ2) is 10.2. The Morgan fingerprint density at radius 1 is 1.03 bits per heavy atom. The molecule has 1 aliphatic heterocycles. The van der Waals surface area contributed by atoms with Crippen LogP contribution in [0.4, 0.5) is 0 Å². The van der Waals surface area contributed by atoms with Gasteiger partial charge >= 0.3 is 5.69 Å². The van der Waals surface area contributed by atoms with E-state index < -0.39 is 0 Å². The van der Waals surface area contributed by atoms with E-state index in [4.69, 9.17) is 5.10 Å². The molecule has 32 heavy (non-hydrogen) atoms. The molecule has 6 nitrogen and oxygen atoms in total. The summed E-state index contributed by atoms with van der Waals surface area (Å²) in [6.07, 6.45) is 1.63. The summed E-state index contributed by atoms with van der Waals surface area (Å²) < 4.78 is 3.36. The number of carbonyl (C=O) groups excluding carboxylic acids is 1. The number of aromatic nitrogens is 3.